The number of H-pyrrole nitrogens is 1. The number of carbonyl (C=O) groups is 4. The number of carbonyl (C=O) groups excluding carboxylic acids is 3. The third-order valence-electron chi connectivity index (χ3n) is 3.57. The lowest BCUT2D eigenvalue weighted by molar-refractivity contribution is -0.155. The van der Waals surface area contributed by atoms with Crippen LogP contribution in [0.25, 0.3) is 0 Å². The molecule has 0 fully saturated rings. The van der Waals surface area contributed by atoms with Gasteiger partial charge >= 0.3 is 17.9 Å². The van der Waals surface area contributed by atoms with Crippen LogP contribution in [0.2, 0.25) is 0 Å². The van der Waals surface area contributed by atoms with Crippen LogP contribution < -0.4 is 0 Å². The summed E-state index contributed by atoms with van der Waals surface area (Å²) >= 11 is 0. The van der Waals surface area contributed by atoms with Crippen molar-refractivity contribution in [2.24, 2.45) is 5.41 Å². The molecule has 1 aromatic rings. The highest BCUT2D eigenvalue weighted by molar-refractivity contribution is 6.02. The van der Waals surface area contributed by atoms with E-state index in [1.54, 1.807) is 13.8 Å². The quantitative estimate of drug-likeness (QED) is 0.512. The highest BCUT2D eigenvalue weighted by atomic mass is 16.6. The average Bonchev–Trinajstić information content (AvgIpc) is 2.96. The minimum atomic E-state index is -1.18. The summed E-state index contributed by atoms with van der Waals surface area (Å²) in [5, 5.41) is 8.80. The normalized spacial score (nSPS) is 12.3. The number of ether oxygens (including phenoxy) is 2. The van der Waals surface area contributed by atoms with Gasteiger partial charge in [-0.25, -0.2) is 0 Å². The fourth-order valence-electron chi connectivity index (χ4n) is 2.31. The number of aliphatic carboxylic acids is 1. The lowest BCUT2D eigenvalue weighted by Crippen LogP contribution is -2.43. The summed E-state index contributed by atoms with van der Waals surface area (Å²) in [6.07, 6.45) is 0.341. The van der Waals surface area contributed by atoms with E-state index in [-0.39, 0.29) is 25.0 Å². The Hall–Kier alpha value is -2.64. The van der Waals surface area contributed by atoms with Crippen LogP contribution in [0, 0.1) is 5.41 Å². The Morgan fingerprint density at radius 1 is 1.20 bits per heavy atom. The predicted octanol–water partition coefficient (Wildman–Crippen LogP) is 1.74. The van der Waals surface area contributed by atoms with E-state index in [0.717, 1.165) is 0 Å². The van der Waals surface area contributed by atoms with Crippen LogP contribution in [0.3, 0.4) is 0 Å². The molecule has 0 radical (unpaired) electrons. The Morgan fingerprint density at radius 2 is 1.84 bits per heavy atom. The molecule has 8 nitrogen and oxygen atoms in total. The van der Waals surface area contributed by atoms with Gasteiger partial charge in [0.25, 0.3) is 0 Å². The zero-order valence-electron chi connectivity index (χ0n) is 14.8. The summed E-state index contributed by atoms with van der Waals surface area (Å²) < 4.78 is 10.2. The van der Waals surface area contributed by atoms with Gasteiger partial charge in [-0.3, -0.25) is 19.2 Å². The van der Waals surface area contributed by atoms with E-state index in [0.29, 0.717) is 5.69 Å². The monoisotopic (exact) mass is 353 g/mol. The summed E-state index contributed by atoms with van der Waals surface area (Å²) in [6, 6.07) is 1.51. The number of ketones is 1. The molecule has 0 saturated heterocycles. The van der Waals surface area contributed by atoms with Crippen molar-refractivity contribution in [2.75, 3.05) is 6.61 Å². The standard InChI is InChI=1S/C17H23NO7/c1-10(19)24-9-17(3,4)16(25-11(2)20)15(23)12-7-8-18-13(12)5-6-14(21)22/h7-8,16,18H,5-6,9H2,1-4H3,(H,21,22). The van der Waals surface area contributed by atoms with Crippen LogP contribution in [0.15, 0.2) is 12.3 Å². The summed E-state index contributed by atoms with van der Waals surface area (Å²) in [5.74, 6) is -2.61. The molecule has 0 aromatic carbocycles. The fraction of sp³-hybridized carbons (Fsp3) is 0.529. The van der Waals surface area contributed by atoms with E-state index in [1.165, 1.54) is 26.1 Å². The molecule has 138 valence electrons. The summed E-state index contributed by atoms with van der Waals surface area (Å²) in [4.78, 5) is 49.0. The van der Waals surface area contributed by atoms with Crippen LogP contribution in [0.1, 0.15) is 50.2 Å². The van der Waals surface area contributed by atoms with Crippen molar-refractivity contribution in [1.82, 2.24) is 4.98 Å². The Bertz CT molecular complexity index is 660. The van der Waals surface area contributed by atoms with Gasteiger partial charge in [-0.05, 0) is 12.5 Å². The molecule has 1 atom stereocenters. The van der Waals surface area contributed by atoms with Gasteiger partial charge in [0.05, 0.1) is 6.42 Å². The van der Waals surface area contributed by atoms with Crippen molar-refractivity contribution in [3.05, 3.63) is 23.5 Å². The first-order valence-corrected chi connectivity index (χ1v) is 7.77. The second-order valence-electron chi connectivity index (χ2n) is 6.39. The number of carboxylic acid groups (broad SMARTS) is 1. The summed E-state index contributed by atoms with van der Waals surface area (Å²) in [6.45, 7) is 5.61. The molecule has 0 aliphatic heterocycles. The number of carboxylic acids is 1. The first-order chi connectivity index (χ1) is 11.5. The van der Waals surface area contributed by atoms with E-state index in [9.17, 15) is 19.2 Å². The maximum absolute atomic E-state index is 12.9. The van der Waals surface area contributed by atoms with Crippen molar-refractivity contribution in [2.45, 2.75) is 46.6 Å². The highest BCUT2D eigenvalue weighted by Crippen LogP contribution is 2.28. The van der Waals surface area contributed by atoms with Crippen LogP contribution in [-0.2, 0) is 30.3 Å². The molecular formula is C17H23NO7. The van der Waals surface area contributed by atoms with Crippen LogP contribution in [0.4, 0.5) is 0 Å². The van der Waals surface area contributed by atoms with Gasteiger partial charge in [-0.15, -0.1) is 0 Å². The molecule has 0 aliphatic rings. The maximum Gasteiger partial charge on any atom is 0.303 e. The number of aromatic nitrogens is 1. The number of hydrogen-bond donors (Lipinski definition) is 2. The molecule has 8 heteroatoms. The molecule has 0 spiro atoms. The van der Waals surface area contributed by atoms with Crippen LogP contribution in [0.5, 0.6) is 0 Å². The Morgan fingerprint density at radius 3 is 2.36 bits per heavy atom. The minimum absolute atomic E-state index is 0.110. The van der Waals surface area contributed by atoms with Crippen molar-refractivity contribution in [1.29, 1.82) is 0 Å². The fourth-order valence-corrected chi connectivity index (χ4v) is 2.31. The first kappa shape index (κ1) is 20.4. The zero-order valence-corrected chi connectivity index (χ0v) is 14.8. The van der Waals surface area contributed by atoms with Gasteiger partial charge in [0.1, 0.15) is 6.61 Å². The molecule has 0 bridgehead atoms. The van der Waals surface area contributed by atoms with E-state index in [1.807, 2.05) is 0 Å². The van der Waals surface area contributed by atoms with Crippen molar-refractivity contribution in [3.63, 3.8) is 0 Å². The van der Waals surface area contributed by atoms with Gasteiger partial charge < -0.3 is 19.6 Å². The lowest BCUT2D eigenvalue weighted by Gasteiger charge is -2.31. The van der Waals surface area contributed by atoms with Crippen molar-refractivity contribution in [3.8, 4) is 0 Å². The largest absolute Gasteiger partial charge is 0.481 e. The van der Waals surface area contributed by atoms with Gasteiger partial charge in [-0.1, -0.05) is 13.8 Å². The van der Waals surface area contributed by atoms with Gasteiger partial charge in [0.2, 0.25) is 5.78 Å². The number of rotatable bonds is 9. The third kappa shape index (κ3) is 6.06. The zero-order chi connectivity index (χ0) is 19.2. The number of nitrogens with one attached hydrogen (secondary N) is 1. The summed E-state index contributed by atoms with van der Waals surface area (Å²) in [5.41, 5.74) is -0.258. The van der Waals surface area contributed by atoms with Crippen LogP contribution in [-0.4, -0.2) is 46.5 Å². The molecule has 1 unspecified atom stereocenters. The maximum atomic E-state index is 12.9. The Kier molecular flexibility index (Phi) is 6.90. The van der Waals surface area contributed by atoms with E-state index in [2.05, 4.69) is 4.98 Å². The molecule has 1 aromatic heterocycles. The molecule has 1 heterocycles. The van der Waals surface area contributed by atoms with Gasteiger partial charge in [0.15, 0.2) is 6.10 Å². The third-order valence-corrected chi connectivity index (χ3v) is 3.57. The SMILES string of the molecule is CC(=O)OCC(C)(C)C(OC(C)=O)C(=O)c1cc[nH]c1CCC(=O)O. The van der Waals surface area contributed by atoms with Crippen LogP contribution >= 0.6 is 0 Å². The lowest BCUT2D eigenvalue weighted by atomic mass is 9.82. The minimum Gasteiger partial charge on any atom is -0.481 e. The number of Topliss-reactive ketones (excluding diaryl/α,β-unsaturated/α-hetero) is 1. The van der Waals surface area contributed by atoms with Gasteiger partial charge in [-0.2, -0.15) is 0 Å². The smallest absolute Gasteiger partial charge is 0.303 e. The second-order valence-corrected chi connectivity index (χ2v) is 6.39. The number of aryl methyl sites for hydroxylation is 1. The molecular weight excluding hydrogens is 330 g/mol. The van der Waals surface area contributed by atoms with Crippen molar-refractivity contribution >= 4 is 23.7 Å². The topological polar surface area (TPSA) is 123 Å². The molecule has 0 saturated carbocycles. The average molecular weight is 353 g/mol. The molecule has 25 heavy (non-hydrogen) atoms. The first-order valence-electron chi connectivity index (χ1n) is 7.77. The number of aromatic amines is 1. The highest BCUT2D eigenvalue weighted by Gasteiger charge is 2.40. The molecule has 1 rings (SSSR count). The predicted molar refractivity (Wildman–Crippen MR) is 87.0 cm³/mol. The van der Waals surface area contributed by atoms with E-state index < -0.39 is 35.2 Å². The van der Waals surface area contributed by atoms with E-state index in [4.69, 9.17) is 14.6 Å². The van der Waals surface area contributed by atoms with E-state index >= 15 is 0 Å². The van der Waals surface area contributed by atoms with Crippen molar-refractivity contribution < 1.29 is 33.8 Å². The molecule has 2 N–H and O–H groups in total. The summed E-state index contributed by atoms with van der Waals surface area (Å²) in [7, 11) is 0. The Balaban J connectivity index is 3.08. The number of hydrogen-bond acceptors (Lipinski definition) is 6. The number of esters is 2. The molecule has 0 aliphatic carbocycles. The van der Waals surface area contributed by atoms with Gasteiger partial charge in [0, 0.05) is 36.7 Å². The Labute approximate surface area is 145 Å². The second kappa shape index (κ2) is 8.46. The molecule has 0 amide bonds.